The Labute approximate surface area is 102 Å². The summed E-state index contributed by atoms with van der Waals surface area (Å²) in [5.74, 6) is 0. The van der Waals surface area contributed by atoms with Crippen LogP contribution in [-0.2, 0) is 13.0 Å². The lowest BCUT2D eigenvalue weighted by molar-refractivity contribution is -0.893. The van der Waals surface area contributed by atoms with Crippen LogP contribution in [0.3, 0.4) is 0 Å². The number of rotatable bonds is 5. The second-order valence-corrected chi connectivity index (χ2v) is 4.28. The van der Waals surface area contributed by atoms with Crippen molar-refractivity contribution in [2.75, 3.05) is 13.6 Å². The number of quaternary nitrogens is 1. The van der Waals surface area contributed by atoms with Gasteiger partial charge >= 0.3 is 0 Å². The molecular weight excluding hydrogens is 210 g/mol. The largest absolute Gasteiger partial charge is 0.332 e. The number of pyridine rings is 2. The van der Waals surface area contributed by atoms with Gasteiger partial charge in [-0.1, -0.05) is 12.1 Å². The fraction of sp³-hybridized carbons (Fsp3) is 0.286. The normalized spacial score (nSPS) is 12.3. The smallest absolute Gasteiger partial charge is 0.120 e. The van der Waals surface area contributed by atoms with E-state index in [0.29, 0.717) is 0 Å². The lowest BCUT2D eigenvalue weighted by atomic mass is 10.2. The summed E-state index contributed by atoms with van der Waals surface area (Å²) in [7, 11) is 2.19. The van der Waals surface area contributed by atoms with Gasteiger partial charge in [-0.05, 0) is 24.3 Å². The summed E-state index contributed by atoms with van der Waals surface area (Å²) >= 11 is 0. The van der Waals surface area contributed by atoms with Gasteiger partial charge in [-0.25, -0.2) is 0 Å². The van der Waals surface area contributed by atoms with Crippen molar-refractivity contribution < 1.29 is 4.90 Å². The second kappa shape index (κ2) is 6.11. The van der Waals surface area contributed by atoms with Gasteiger partial charge in [-0.3, -0.25) is 9.97 Å². The third kappa shape index (κ3) is 3.96. The van der Waals surface area contributed by atoms with Crippen molar-refractivity contribution in [3.05, 3.63) is 60.2 Å². The first kappa shape index (κ1) is 11.7. The molecule has 2 heterocycles. The lowest BCUT2D eigenvalue weighted by Gasteiger charge is -2.12. The van der Waals surface area contributed by atoms with Gasteiger partial charge in [0.05, 0.1) is 19.3 Å². The van der Waals surface area contributed by atoms with Crippen molar-refractivity contribution in [1.82, 2.24) is 9.97 Å². The van der Waals surface area contributed by atoms with Crippen LogP contribution in [0.4, 0.5) is 0 Å². The molecule has 17 heavy (non-hydrogen) atoms. The number of hydrogen-bond acceptors (Lipinski definition) is 2. The summed E-state index contributed by atoms with van der Waals surface area (Å²) in [6.07, 6.45) is 4.71. The molecule has 0 fully saturated rings. The monoisotopic (exact) mass is 228 g/mol. The third-order valence-electron chi connectivity index (χ3n) is 2.74. The predicted octanol–water partition coefficient (Wildman–Crippen LogP) is 0.734. The van der Waals surface area contributed by atoms with E-state index in [9.17, 15) is 0 Å². The van der Waals surface area contributed by atoms with E-state index in [4.69, 9.17) is 0 Å². The molecule has 0 aliphatic heterocycles. The van der Waals surface area contributed by atoms with E-state index in [-0.39, 0.29) is 0 Å². The highest BCUT2D eigenvalue weighted by atomic mass is 15.1. The minimum Gasteiger partial charge on any atom is -0.332 e. The fourth-order valence-electron chi connectivity index (χ4n) is 1.79. The van der Waals surface area contributed by atoms with Crippen LogP contribution in [0.15, 0.2) is 48.8 Å². The molecule has 0 amide bonds. The Bertz CT molecular complexity index is 428. The first-order chi connectivity index (χ1) is 8.34. The number of nitrogens with zero attached hydrogens (tertiary/aromatic N) is 2. The van der Waals surface area contributed by atoms with Crippen molar-refractivity contribution >= 4 is 0 Å². The van der Waals surface area contributed by atoms with E-state index in [2.05, 4.69) is 29.1 Å². The molecule has 1 atom stereocenters. The van der Waals surface area contributed by atoms with Crippen LogP contribution >= 0.6 is 0 Å². The van der Waals surface area contributed by atoms with Gasteiger partial charge in [-0.2, -0.15) is 0 Å². The standard InChI is InChI=1S/C14H17N3/c1-17(12-14-7-3-5-10-16-14)11-8-13-6-2-4-9-15-13/h2-7,9-10H,8,11-12H2,1H3/p+1. The van der Waals surface area contributed by atoms with Gasteiger partial charge < -0.3 is 4.90 Å². The Morgan fingerprint density at radius 2 is 1.59 bits per heavy atom. The third-order valence-corrected chi connectivity index (χ3v) is 2.74. The molecule has 0 bridgehead atoms. The van der Waals surface area contributed by atoms with Crippen molar-refractivity contribution in [2.45, 2.75) is 13.0 Å². The first-order valence-corrected chi connectivity index (χ1v) is 5.96. The van der Waals surface area contributed by atoms with Crippen LogP contribution in [0.2, 0.25) is 0 Å². The molecule has 0 saturated heterocycles. The van der Waals surface area contributed by atoms with Gasteiger partial charge in [0.1, 0.15) is 6.54 Å². The maximum Gasteiger partial charge on any atom is 0.120 e. The summed E-state index contributed by atoms with van der Waals surface area (Å²) < 4.78 is 0. The topological polar surface area (TPSA) is 30.2 Å². The zero-order chi connectivity index (χ0) is 11.9. The summed E-state index contributed by atoms with van der Waals surface area (Å²) in [6.45, 7) is 2.04. The Kier molecular flexibility index (Phi) is 4.22. The van der Waals surface area contributed by atoms with E-state index in [1.54, 1.807) is 0 Å². The van der Waals surface area contributed by atoms with Gasteiger partial charge in [0.15, 0.2) is 0 Å². The first-order valence-electron chi connectivity index (χ1n) is 5.96. The molecule has 1 N–H and O–H groups in total. The van der Waals surface area contributed by atoms with Crippen LogP contribution in [0.25, 0.3) is 0 Å². The predicted molar refractivity (Wildman–Crippen MR) is 67.6 cm³/mol. The Balaban J connectivity index is 1.80. The molecule has 2 aromatic heterocycles. The molecule has 3 nitrogen and oxygen atoms in total. The molecule has 3 heteroatoms. The highest BCUT2D eigenvalue weighted by molar-refractivity contribution is 5.03. The molecule has 0 saturated carbocycles. The van der Waals surface area contributed by atoms with Crippen molar-refractivity contribution in [3.63, 3.8) is 0 Å². The minimum absolute atomic E-state index is 0.966. The van der Waals surface area contributed by atoms with Crippen LogP contribution in [0.5, 0.6) is 0 Å². The van der Waals surface area contributed by atoms with Crippen LogP contribution in [0.1, 0.15) is 11.4 Å². The van der Waals surface area contributed by atoms with E-state index in [1.807, 2.05) is 36.7 Å². The molecule has 2 rings (SSSR count). The molecular formula is C14H18N3+. The maximum absolute atomic E-state index is 4.34. The van der Waals surface area contributed by atoms with Crippen molar-refractivity contribution in [1.29, 1.82) is 0 Å². The zero-order valence-corrected chi connectivity index (χ0v) is 10.1. The van der Waals surface area contributed by atoms with E-state index >= 15 is 0 Å². The number of likely N-dealkylation sites (N-methyl/N-ethyl adjacent to an activating group) is 1. The molecule has 1 unspecified atom stereocenters. The van der Waals surface area contributed by atoms with Gasteiger partial charge in [0.2, 0.25) is 0 Å². The molecule has 0 aliphatic carbocycles. The molecule has 0 aromatic carbocycles. The summed E-state index contributed by atoms with van der Waals surface area (Å²) in [4.78, 5) is 10.1. The quantitative estimate of drug-likeness (QED) is 0.818. The average molecular weight is 228 g/mol. The number of nitrogens with one attached hydrogen (secondary N) is 1. The summed E-state index contributed by atoms with van der Waals surface area (Å²) in [6, 6.07) is 12.1. The van der Waals surface area contributed by atoms with Gasteiger partial charge in [-0.15, -0.1) is 0 Å². The maximum atomic E-state index is 4.34. The van der Waals surface area contributed by atoms with Crippen LogP contribution in [0, 0.1) is 0 Å². The minimum atomic E-state index is 0.966. The van der Waals surface area contributed by atoms with Crippen molar-refractivity contribution in [2.24, 2.45) is 0 Å². The Morgan fingerprint density at radius 3 is 2.18 bits per heavy atom. The van der Waals surface area contributed by atoms with E-state index < -0.39 is 0 Å². The highest BCUT2D eigenvalue weighted by Crippen LogP contribution is 1.93. The molecule has 2 aromatic rings. The second-order valence-electron chi connectivity index (χ2n) is 4.28. The number of aromatic nitrogens is 2. The average Bonchev–Trinajstić information content (AvgIpc) is 2.39. The molecule has 0 aliphatic rings. The lowest BCUT2D eigenvalue weighted by Crippen LogP contribution is -3.07. The van der Waals surface area contributed by atoms with Gasteiger partial charge in [0.25, 0.3) is 0 Å². The number of hydrogen-bond donors (Lipinski definition) is 1. The van der Waals surface area contributed by atoms with E-state index in [1.165, 1.54) is 4.90 Å². The zero-order valence-electron chi connectivity index (χ0n) is 10.1. The van der Waals surface area contributed by atoms with Crippen LogP contribution in [-0.4, -0.2) is 23.6 Å². The SMILES string of the molecule is C[NH+](CCc1ccccn1)Cc1ccccn1. The molecule has 0 spiro atoms. The highest BCUT2D eigenvalue weighted by Gasteiger charge is 2.05. The Morgan fingerprint density at radius 1 is 0.941 bits per heavy atom. The molecule has 88 valence electrons. The summed E-state index contributed by atoms with van der Waals surface area (Å²) in [5, 5.41) is 0. The fourth-order valence-corrected chi connectivity index (χ4v) is 1.79. The van der Waals surface area contributed by atoms with E-state index in [0.717, 1.165) is 30.9 Å². The molecule has 0 radical (unpaired) electrons. The van der Waals surface area contributed by atoms with Crippen LogP contribution < -0.4 is 4.90 Å². The van der Waals surface area contributed by atoms with Crippen molar-refractivity contribution in [3.8, 4) is 0 Å². The van der Waals surface area contributed by atoms with Gasteiger partial charge in [0, 0.05) is 24.5 Å². The summed E-state index contributed by atoms with van der Waals surface area (Å²) in [5.41, 5.74) is 2.30. The Hall–Kier alpha value is -1.74.